The van der Waals surface area contributed by atoms with Crippen LogP contribution in [0.5, 0.6) is 11.5 Å². The molecule has 0 bridgehead atoms. The lowest BCUT2D eigenvalue weighted by Crippen LogP contribution is -2.23. The van der Waals surface area contributed by atoms with Crippen LogP contribution in [-0.2, 0) is 11.3 Å². The quantitative estimate of drug-likeness (QED) is 0.376. The van der Waals surface area contributed by atoms with Crippen molar-refractivity contribution in [3.05, 3.63) is 59.4 Å². The van der Waals surface area contributed by atoms with Crippen molar-refractivity contribution >= 4 is 34.6 Å². The highest BCUT2D eigenvalue weighted by Gasteiger charge is 2.11. The molecule has 0 saturated carbocycles. The van der Waals surface area contributed by atoms with E-state index in [1.807, 2.05) is 37.5 Å². The molecule has 1 amide bonds. The highest BCUT2D eigenvalue weighted by molar-refractivity contribution is 6.32. The molecule has 0 saturated heterocycles. The number of aromatic nitrogens is 2. The van der Waals surface area contributed by atoms with Crippen LogP contribution >= 0.6 is 11.6 Å². The van der Waals surface area contributed by atoms with Crippen LogP contribution in [0.3, 0.4) is 0 Å². The fraction of sp³-hybridized carbons (Fsp3) is 0.304. The first-order valence-electron chi connectivity index (χ1n) is 9.98. The molecule has 0 aliphatic rings. The Bertz CT molecular complexity index is 1030. The maximum absolute atomic E-state index is 12.1. The van der Waals surface area contributed by atoms with Crippen LogP contribution in [0.4, 0.5) is 0 Å². The Morgan fingerprint density at radius 3 is 2.93 bits per heavy atom. The summed E-state index contributed by atoms with van der Waals surface area (Å²) in [6.07, 6.45) is 6.71. The summed E-state index contributed by atoms with van der Waals surface area (Å²) in [5.41, 5.74) is 2.84. The van der Waals surface area contributed by atoms with Crippen molar-refractivity contribution in [1.82, 2.24) is 14.9 Å². The molecule has 158 valence electrons. The fourth-order valence-corrected chi connectivity index (χ4v) is 3.33. The van der Waals surface area contributed by atoms with E-state index in [0.29, 0.717) is 29.7 Å². The lowest BCUT2D eigenvalue weighted by Gasteiger charge is -2.12. The van der Waals surface area contributed by atoms with Crippen molar-refractivity contribution in [3.63, 3.8) is 0 Å². The first-order valence-corrected chi connectivity index (χ1v) is 10.4. The van der Waals surface area contributed by atoms with Gasteiger partial charge in [-0.2, -0.15) is 0 Å². The second-order valence-electron chi connectivity index (χ2n) is 6.79. The molecule has 0 unspecified atom stereocenters. The van der Waals surface area contributed by atoms with E-state index < -0.39 is 0 Å². The number of halogens is 1. The van der Waals surface area contributed by atoms with Gasteiger partial charge in [0.25, 0.3) is 0 Å². The molecule has 0 aliphatic carbocycles. The van der Waals surface area contributed by atoms with Crippen LogP contribution in [-0.4, -0.2) is 35.7 Å². The van der Waals surface area contributed by atoms with Crippen LogP contribution in [0.15, 0.2) is 48.8 Å². The highest BCUT2D eigenvalue weighted by atomic mass is 35.5. The molecule has 1 N–H and O–H groups in total. The molecule has 2 aromatic carbocycles. The van der Waals surface area contributed by atoms with E-state index >= 15 is 0 Å². The van der Waals surface area contributed by atoms with Crippen molar-refractivity contribution < 1.29 is 14.3 Å². The minimum atomic E-state index is -0.160. The number of carbonyl (C=O) groups excluding carboxylic acids is 1. The zero-order chi connectivity index (χ0) is 21.3. The summed E-state index contributed by atoms with van der Waals surface area (Å²) in [5, 5.41) is 3.35. The second-order valence-corrected chi connectivity index (χ2v) is 7.19. The zero-order valence-corrected chi connectivity index (χ0v) is 18.0. The third-order valence-electron chi connectivity index (χ3n) is 4.53. The minimum Gasteiger partial charge on any atom is -0.493 e. The molecule has 7 heteroatoms. The molecular weight excluding hydrogens is 402 g/mol. The van der Waals surface area contributed by atoms with Crippen molar-refractivity contribution in [2.75, 3.05) is 20.3 Å². The van der Waals surface area contributed by atoms with Gasteiger partial charge in [-0.15, -0.1) is 0 Å². The summed E-state index contributed by atoms with van der Waals surface area (Å²) in [4.78, 5) is 16.5. The molecule has 0 atom stereocenters. The number of rotatable bonds is 10. The topological polar surface area (TPSA) is 65.4 Å². The number of aryl methyl sites for hydroxylation is 1. The minimum absolute atomic E-state index is 0.160. The predicted octanol–water partition coefficient (Wildman–Crippen LogP) is 4.71. The van der Waals surface area contributed by atoms with Gasteiger partial charge in [-0.05, 0) is 48.7 Å². The summed E-state index contributed by atoms with van der Waals surface area (Å²) in [6, 6.07) is 11.6. The van der Waals surface area contributed by atoms with Crippen LogP contribution in [0, 0.1) is 0 Å². The maximum Gasteiger partial charge on any atom is 0.244 e. The number of hydrogen-bond acceptors (Lipinski definition) is 4. The Hall–Kier alpha value is -2.99. The lowest BCUT2D eigenvalue weighted by molar-refractivity contribution is -0.116. The molecule has 3 aromatic rings. The molecule has 1 aromatic heterocycles. The molecule has 1 heterocycles. The third-order valence-corrected chi connectivity index (χ3v) is 4.81. The van der Waals surface area contributed by atoms with E-state index in [1.165, 1.54) is 6.08 Å². The normalized spacial score (nSPS) is 11.2. The monoisotopic (exact) mass is 427 g/mol. The molecule has 0 aliphatic heterocycles. The molecular formula is C23H26ClN3O3. The number of para-hydroxylation sites is 2. The van der Waals surface area contributed by atoms with Gasteiger partial charge in [-0.25, -0.2) is 4.98 Å². The average molecular weight is 428 g/mol. The van der Waals surface area contributed by atoms with Gasteiger partial charge in [0.05, 0.1) is 36.1 Å². The van der Waals surface area contributed by atoms with Gasteiger partial charge in [0, 0.05) is 19.2 Å². The summed E-state index contributed by atoms with van der Waals surface area (Å²) in [5.74, 6) is 0.907. The van der Waals surface area contributed by atoms with Gasteiger partial charge in [-0.3, -0.25) is 4.79 Å². The number of carbonyl (C=O) groups is 1. The van der Waals surface area contributed by atoms with Gasteiger partial charge >= 0.3 is 0 Å². The number of amides is 1. The van der Waals surface area contributed by atoms with Crippen molar-refractivity contribution in [3.8, 4) is 11.5 Å². The summed E-state index contributed by atoms with van der Waals surface area (Å²) in [7, 11) is 1.56. The first kappa shape index (κ1) is 21.7. The Kier molecular flexibility index (Phi) is 7.74. The zero-order valence-electron chi connectivity index (χ0n) is 17.2. The van der Waals surface area contributed by atoms with Crippen molar-refractivity contribution in [1.29, 1.82) is 0 Å². The molecule has 0 radical (unpaired) electrons. The van der Waals surface area contributed by atoms with Gasteiger partial charge in [-0.1, -0.05) is 30.7 Å². The number of hydrogen-bond donors (Lipinski definition) is 1. The van der Waals surface area contributed by atoms with E-state index in [2.05, 4.69) is 14.9 Å². The van der Waals surface area contributed by atoms with Crippen LogP contribution in [0.25, 0.3) is 17.1 Å². The van der Waals surface area contributed by atoms with Gasteiger partial charge in [0.2, 0.25) is 5.91 Å². The van der Waals surface area contributed by atoms with Crippen LogP contribution < -0.4 is 14.8 Å². The largest absolute Gasteiger partial charge is 0.493 e. The smallest absolute Gasteiger partial charge is 0.244 e. The second kappa shape index (κ2) is 10.7. The number of benzene rings is 2. The molecule has 6 nitrogen and oxygen atoms in total. The number of nitrogens with one attached hydrogen (secondary N) is 1. The van der Waals surface area contributed by atoms with E-state index in [4.69, 9.17) is 21.1 Å². The summed E-state index contributed by atoms with van der Waals surface area (Å²) < 4.78 is 13.1. The summed E-state index contributed by atoms with van der Waals surface area (Å²) in [6.45, 7) is 3.94. The summed E-state index contributed by atoms with van der Waals surface area (Å²) >= 11 is 6.31. The van der Waals surface area contributed by atoms with E-state index in [1.54, 1.807) is 25.3 Å². The third kappa shape index (κ3) is 5.54. The molecule has 0 spiro atoms. The van der Waals surface area contributed by atoms with Crippen molar-refractivity contribution in [2.45, 2.75) is 26.3 Å². The molecule has 3 rings (SSSR count). The van der Waals surface area contributed by atoms with E-state index in [0.717, 1.165) is 36.0 Å². The van der Waals surface area contributed by atoms with Gasteiger partial charge in [0.1, 0.15) is 0 Å². The van der Waals surface area contributed by atoms with E-state index in [-0.39, 0.29) is 5.91 Å². The first-order chi connectivity index (χ1) is 14.6. The van der Waals surface area contributed by atoms with Crippen LogP contribution in [0.1, 0.15) is 25.3 Å². The fourth-order valence-electron chi connectivity index (χ4n) is 3.06. The standard InChI is InChI=1S/C23H26ClN3O3/c1-3-13-30-23-18(24)14-17(15-21(23)29-2)9-10-22(28)25-11-6-12-27-16-26-19-7-4-5-8-20(19)27/h4-5,7-10,14-16H,3,6,11-13H2,1-2H3,(H,25,28)/b10-9+. The average Bonchev–Trinajstić information content (AvgIpc) is 3.17. The SMILES string of the molecule is CCCOc1c(Cl)cc(/C=C/C(=O)NCCCn2cnc3ccccc32)cc1OC. The molecule has 0 fully saturated rings. The van der Waals surface area contributed by atoms with Crippen LogP contribution in [0.2, 0.25) is 5.02 Å². The number of ether oxygens (including phenoxy) is 2. The lowest BCUT2D eigenvalue weighted by atomic mass is 10.2. The Morgan fingerprint density at radius 2 is 2.13 bits per heavy atom. The number of fused-ring (bicyclic) bond motifs is 1. The number of imidazole rings is 1. The highest BCUT2D eigenvalue weighted by Crippen LogP contribution is 2.36. The molecule has 30 heavy (non-hydrogen) atoms. The maximum atomic E-state index is 12.1. The Labute approximate surface area is 181 Å². The Balaban J connectivity index is 1.51. The predicted molar refractivity (Wildman–Crippen MR) is 120 cm³/mol. The van der Waals surface area contributed by atoms with E-state index in [9.17, 15) is 4.79 Å². The Morgan fingerprint density at radius 1 is 1.30 bits per heavy atom. The number of nitrogens with zero attached hydrogens (tertiary/aromatic N) is 2. The van der Waals surface area contributed by atoms with Crippen molar-refractivity contribution in [2.24, 2.45) is 0 Å². The van der Waals surface area contributed by atoms with Gasteiger partial charge in [0.15, 0.2) is 11.5 Å². The number of methoxy groups -OCH3 is 1. The van der Waals surface area contributed by atoms with Gasteiger partial charge < -0.3 is 19.4 Å².